The Bertz CT molecular complexity index is 367. The molecule has 17 heavy (non-hydrogen) atoms. The van der Waals surface area contributed by atoms with Gasteiger partial charge in [0.05, 0.1) is 6.61 Å². The largest absolute Gasteiger partial charge is 0.494 e. The molecular weight excluding hydrogens is 210 g/mol. The van der Waals surface area contributed by atoms with Gasteiger partial charge < -0.3 is 10.1 Å². The van der Waals surface area contributed by atoms with Gasteiger partial charge in [0.2, 0.25) is 0 Å². The first-order chi connectivity index (χ1) is 8.15. The van der Waals surface area contributed by atoms with Crippen molar-refractivity contribution in [3.05, 3.63) is 41.5 Å². The second-order valence-electron chi connectivity index (χ2n) is 4.38. The molecule has 1 rings (SSSR count). The molecular formula is C15H23NO. The van der Waals surface area contributed by atoms with E-state index in [0.29, 0.717) is 12.6 Å². The topological polar surface area (TPSA) is 21.3 Å². The highest BCUT2D eigenvalue weighted by molar-refractivity contribution is 5.35. The van der Waals surface area contributed by atoms with Crippen LogP contribution in [-0.2, 0) is 0 Å². The maximum absolute atomic E-state index is 5.63. The van der Waals surface area contributed by atoms with E-state index in [1.807, 2.05) is 19.1 Å². The number of benzene rings is 1. The van der Waals surface area contributed by atoms with Gasteiger partial charge in [0.25, 0.3) is 0 Å². The van der Waals surface area contributed by atoms with Crippen molar-refractivity contribution in [2.75, 3.05) is 13.2 Å². The van der Waals surface area contributed by atoms with E-state index in [-0.39, 0.29) is 0 Å². The fourth-order valence-electron chi connectivity index (χ4n) is 1.67. The zero-order valence-corrected chi connectivity index (χ0v) is 11.3. The summed E-state index contributed by atoms with van der Waals surface area (Å²) in [6.07, 6.45) is 2.19. The molecule has 0 radical (unpaired) electrons. The first-order valence-corrected chi connectivity index (χ1v) is 6.23. The van der Waals surface area contributed by atoms with Gasteiger partial charge in [0, 0.05) is 18.2 Å². The second-order valence-corrected chi connectivity index (χ2v) is 4.38. The van der Waals surface area contributed by atoms with Crippen LogP contribution in [0.3, 0.4) is 0 Å². The van der Waals surface area contributed by atoms with Crippen molar-refractivity contribution in [3.63, 3.8) is 0 Å². The van der Waals surface area contributed by atoms with E-state index < -0.39 is 0 Å². The SMILES string of the molecule is CCOc1ccccc1C(C)NCC=C(C)C. The molecule has 0 aliphatic carbocycles. The number of hydrogen-bond donors (Lipinski definition) is 1. The minimum absolute atomic E-state index is 0.299. The van der Waals surface area contributed by atoms with Crippen molar-refractivity contribution in [1.82, 2.24) is 5.32 Å². The molecule has 0 heterocycles. The fraction of sp³-hybridized carbons (Fsp3) is 0.467. The van der Waals surface area contributed by atoms with Gasteiger partial charge in [-0.15, -0.1) is 0 Å². The predicted molar refractivity (Wildman–Crippen MR) is 73.5 cm³/mol. The fourth-order valence-corrected chi connectivity index (χ4v) is 1.67. The summed E-state index contributed by atoms with van der Waals surface area (Å²) in [7, 11) is 0. The molecule has 0 aromatic heterocycles. The molecule has 0 saturated heterocycles. The summed E-state index contributed by atoms with van der Waals surface area (Å²) >= 11 is 0. The van der Waals surface area contributed by atoms with Crippen molar-refractivity contribution in [3.8, 4) is 5.75 Å². The lowest BCUT2D eigenvalue weighted by Gasteiger charge is -2.17. The Morgan fingerprint density at radius 2 is 2.06 bits per heavy atom. The van der Waals surface area contributed by atoms with Gasteiger partial charge in [-0.3, -0.25) is 0 Å². The number of allylic oxidation sites excluding steroid dienone is 1. The third kappa shape index (κ3) is 4.61. The van der Waals surface area contributed by atoms with Crippen LogP contribution in [0.5, 0.6) is 5.75 Å². The van der Waals surface area contributed by atoms with Crippen LogP contribution in [0.4, 0.5) is 0 Å². The molecule has 1 N–H and O–H groups in total. The lowest BCUT2D eigenvalue weighted by atomic mass is 10.1. The van der Waals surface area contributed by atoms with Crippen LogP contribution < -0.4 is 10.1 Å². The van der Waals surface area contributed by atoms with Gasteiger partial charge >= 0.3 is 0 Å². The Labute approximate surface area is 105 Å². The molecule has 2 nitrogen and oxygen atoms in total. The lowest BCUT2D eigenvalue weighted by Crippen LogP contribution is -2.19. The molecule has 0 saturated carbocycles. The predicted octanol–water partition coefficient (Wildman–Crippen LogP) is 3.70. The van der Waals surface area contributed by atoms with Crippen molar-refractivity contribution in [2.45, 2.75) is 33.7 Å². The van der Waals surface area contributed by atoms with Crippen molar-refractivity contribution < 1.29 is 4.74 Å². The van der Waals surface area contributed by atoms with Crippen LogP contribution in [0.2, 0.25) is 0 Å². The number of ether oxygens (including phenoxy) is 1. The van der Waals surface area contributed by atoms with E-state index in [2.05, 4.69) is 44.3 Å². The van der Waals surface area contributed by atoms with Gasteiger partial charge in [-0.25, -0.2) is 0 Å². The summed E-state index contributed by atoms with van der Waals surface area (Å²) < 4.78 is 5.63. The quantitative estimate of drug-likeness (QED) is 0.756. The van der Waals surface area contributed by atoms with E-state index in [1.54, 1.807) is 0 Å². The standard InChI is InChI=1S/C15H23NO/c1-5-17-15-9-7-6-8-14(15)13(4)16-11-10-12(2)3/h6-10,13,16H,5,11H2,1-4H3. The Morgan fingerprint density at radius 1 is 1.35 bits per heavy atom. The number of hydrogen-bond acceptors (Lipinski definition) is 2. The summed E-state index contributed by atoms with van der Waals surface area (Å²) in [5.74, 6) is 0.979. The summed E-state index contributed by atoms with van der Waals surface area (Å²) in [5, 5.41) is 3.47. The Morgan fingerprint density at radius 3 is 2.71 bits per heavy atom. The highest BCUT2D eigenvalue weighted by Crippen LogP contribution is 2.24. The van der Waals surface area contributed by atoms with Crippen LogP contribution in [-0.4, -0.2) is 13.2 Å². The van der Waals surface area contributed by atoms with Crippen molar-refractivity contribution in [1.29, 1.82) is 0 Å². The van der Waals surface area contributed by atoms with Gasteiger partial charge in [0.1, 0.15) is 5.75 Å². The number of rotatable bonds is 6. The normalized spacial score (nSPS) is 12.0. The molecule has 0 aliphatic rings. The van der Waals surface area contributed by atoms with Crippen molar-refractivity contribution in [2.24, 2.45) is 0 Å². The average Bonchev–Trinajstić information content (AvgIpc) is 2.29. The number of nitrogens with one attached hydrogen (secondary N) is 1. The molecule has 1 aromatic carbocycles. The smallest absolute Gasteiger partial charge is 0.124 e. The minimum atomic E-state index is 0.299. The third-order valence-corrected chi connectivity index (χ3v) is 2.62. The summed E-state index contributed by atoms with van der Waals surface area (Å²) in [6, 6.07) is 8.51. The molecule has 0 spiro atoms. The summed E-state index contributed by atoms with van der Waals surface area (Å²) in [6.45, 7) is 10.00. The molecule has 94 valence electrons. The first-order valence-electron chi connectivity index (χ1n) is 6.23. The van der Waals surface area contributed by atoms with E-state index in [4.69, 9.17) is 4.74 Å². The molecule has 1 atom stereocenters. The zero-order chi connectivity index (χ0) is 12.7. The van der Waals surface area contributed by atoms with E-state index in [1.165, 1.54) is 11.1 Å². The van der Waals surface area contributed by atoms with E-state index in [0.717, 1.165) is 12.3 Å². The Hall–Kier alpha value is -1.28. The Kier molecular flexibility index (Phi) is 5.78. The van der Waals surface area contributed by atoms with Gasteiger partial charge in [0.15, 0.2) is 0 Å². The molecule has 0 amide bonds. The monoisotopic (exact) mass is 233 g/mol. The van der Waals surface area contributed by atoms with Crippen molar-refractivity contribution >= 4 is 0 Å². The molecule has 1 aromatic rings. The van der Waals surface area contributed by atoms with Crippen LogP contribution >= 0.6 is 0 Å². The van der Waals surface area contributed by atoms with Gasteiger partial charge in [-0.2, -0.15) is 0 Å². The average molecular weight is 233 g/mol. The second kappa shape index (κ2) is 7.13. The molecule has 1 unspecified atom stereocenters. The maximum Gasteiger partial charge on any atom is 0.124 e. The highest BCUT2D eigenvalue weighted by Gasteiger charge is 2.09. The highest BCUT2D eigenvalue weighted by atomic mass is 16.5. The van der Waals surface area contributed by atoms with Gasteiger partial charge in [-0.05, 0) is 33.8 Å². The van der Waals surface area contributed by atoms with Crippen LogP contribution in [0.25, 0.3) is 0 Å². The number of para-hydroxylation sites is 1. The first kappa shape index (κ1) is 13.8. The summed E-state index contributed by atoms with van der Waals surface area (Å²) in [4.78, 5) is 0. The Balaban J connectivity index is 2.67. The molecule has 2 heteroatoms. The minimum Gasteiger partial charge on any atom is -0.494 e. The lowest BCUT2D eigenvalue weighted by molar-refractivity contribution is 0.333. The van der Waals surface area contributed by atoms with Crippen LogP contribution in [0.1, 0.15) is 39.3 Å². The zero-order valence-electron chi connectivity index (χ0n) is 11.3. The van der Waals surface area contributed by atoms with Crippen LogP contribution in [0.15, 0.2) is 35.9 Å². The summed E-state index contributed by atoms with van der Waals surface area (Å²) in [5.41, 5.74) is 2.55. The molecule has 0 bridgehead atoms. The molecule has 0 aliphatic heterocycles. The third-order valence-electron chi connectivity index (χ3n) is 2.62. The maximum atomic E-state index is 5.63. The van der Waals surface area contributed by atoms with Crippen LogP contribution in [0, 0.1) is 0 Å². The van der Waals surface area contributed by atoms with E-state index >= 15 is 0 Å². The van der Waals surface area contributed by atoms with Gasteiger partial charge in [-0.1, -0.05) is 29.8 Å². The molecule has 0 fully saturated rings. The van der Waals surface area contributed by atoms with E-state index in [9.17, 15) is 0 Å².